The fourth-order valence-corrected chi connectivity index (χ4v) is 2.00. The van der Waals surface area contributed by atoms with Gasteiger partial charge in [-0.15, -0.1) is 11.3 Å². The number of carbonyl (C=O) groups is 1. The molecule has 2 N–H and O–H groups in total. The Morgan fingerprint density at radius 2 is 2.40 bits per heavy atom. The van der Waals surface area contributed by atoms with Crippen molar-refractivity contribution in [2.45, 2.75) is 13.0 Å². The van der Waals surface area contributed by atoms with Crippen molar-refractivity contribution in [1.29, 1.82) is 0 Å². The summed E-state index contributed by atoms with van der Waals surface area (Å²) in [6.45, 7) is 1.60. The Morgan fingerprint density at radius 3 is 3.13 bits per heavy atom. The molecular formula is C10H10N2O2S. The SMILES string of the molecule is CC(Nc1cccc2scnc12)C(=O)O. The van der Waals surface area contributed by atoms with Crippen LogP contribution in [-0.4, -0.2) is 22.1 Å². The molecule has 0 aliphatic rings. The summed E-state index contributed by atoms with van der Waals surface area (Å²) < 4.78 is 1.05. The minimum Gasteiger partial charge on any atom is -0.480 e. The van der Waals surface area contributed by atoms with E-state index < -0.39 is 12.0 Å². The van der Waals surface area contributed by atoms with Gasteiger partial charge < -0.3 is 10.4 Å². The van der Waals surface area contributed by atoms with Gasteiger partial charge in [0, 0.05) is 0 Å². The summed E-state index contributed by atoms with van der Waals surface area (Å²) in [5, 5.41) is 11.7. The van der Waals surface area contributed by atoms with Gasteiger partial charge in [-0.05, 0) is 19.1 Å². The summed E-state index contributed by atoms with van der Waals surface area (Å²) in [6.07, 6.45) is 0. The second kappa shape index (κ2) is 3.86. The molecular weight excluding hydrogens is 212 g/mol. The Hall–Kier alpha value is -1.62. The van der Waals surface area contributed by atoms with Crippen molar-refractivity contribution in [1.82, 2.24) is 4.98 Å². The number of carboxylic acids is 1. The number of hydrogen-bond donors (Lipinski definition) is 2. The third-order valence-electron chi connectivity index (χ3n) is 2.10. The van der Waals surface area contributed by atoms with Crippen LogP contribution in [-0.2, 0) is 4.79 Å². The number of rotatable bonds is 3. The lowest BCUT2D eigenvalue weighted by Gasteiger charge is -2.10. The van der Waals surface area contributed by atoms with E-state index >= 15 is 0 Å². The molecule has 2 aromatic rings. The number of hydrogen-bond acceptors (Lipinski definition) is 4. The molecule has 4 nitrogen and oxygen atoms in total. The van der Waals surface area contributed by atoms with Crippen molar-refractivity contribution < 1.29 is 9.90 Å². The lowest BCUT2D eigenvalue weighted by atomic mass is 10.2. The molecule has 0 bridgehead atoms. The van der Waals surface area contributed by atoms with Gasteiger partial charge >= 0.3 is 5.97 Å². The van der Waals surface area contributed by atoms with Crippen LogP contribution in [0.5, 0.6) is 0 Å². The molecule has 0 amide bonds. The van der Waals surface area contributed by atoms with E-state index in [1.54, 1.807) is 12.4 Å². The Morgan fingerprint density at radius 1 is 1.60 bits per heavy atom. The summed E-state index contributed by atoms with van der Waals surface area (Å²) in [6, 6.07) is 5.07. The zero-order chi connectivity index (χ0) is 10.8. The third-order valence-corrected chi connectivity index (χ3v) is 2.90. The zero-order valence-corrected chi connectivity index (χ0v) is 8.91. The predicted octanol–water partition coefficient (Wildman–Crippen LogP) is 2.18. The molecule has 0 saturated heterocycles. The van der Waals surface area contributed by atoms with Crippen LogP contribution in [0, 0.1) is 0 Å². The predicted molar refractivity (Wildman–Crippen MR) is 60.3 cm³/mol. The minimum absolute atomic E-state index is 0.614. The molecule has 0 spiro atoms. The maximum absolute atomic E-state index is 10.7. The van der Waals surface area contributed by atoms with Gasteiger partial charge in [-0.1, -0.05) is 6.07 Å². The van der Waals surface area contributed by atoms with E-state index in [0.717, 1.165) is 15.9 Å². The van der Waals surface area contributed by atoms with Crippen LogP contribution in [0.2, 0.25) is 0 Å². The Bertz CT molecular complexity index is 495. The summed E-state index contributed by atoms with van der Waals surface area (Å²) in [5.74, 6) is -0.873. The van der Waals surface area contributed by atoms with Crippen LogP contribution in [0.1, 0.15) is 6.92 Å². The molecule has 0 saturated carbocycles. The highest BCUT2D eigenvalue weighted by Gasteiger charge is 2.12. The highest BCUT2D eigenvalue weighted by molar-refractivity contribution is 7.16. The van der Waals surface area contributed by atoms with E-state index in [0.29, 0.717) is 0 Å². The summed E-state index contributed by atoms with van der Waals surface area (Å²) >= 11 is 1.54. The van der Waals surface area contributed by atoms with Crippen molar-refractivity contribution in [2.75, 3.05) is 5.32 Å². The second-order valence-corrected chi connectivity index (χ2v) is 4.10. The first-order chi connectivity index (χ1) is 7.18. The highest BCUT2D eigenvalue weighted by Crippen LogP contribution is 2.25. The Labute approximate surface area is 90.6 Å². The van der Waals surface area contributed by atoms with Gasteiger partial charge in [-0.25, -0.2) is 4.98 Å². The van der Waals surface area contributed by atoms with Crippen LogP contribution in [0.15, 0.2) is 23.7 Å². The lowest BCUT2D eigenvalue weighted by molar-refractivity contribution is -0.137. The first kappa shape index (κ1) is 9.92. The monoisotopic (exact) mass is 222 g/mol. The van der Waals surface area contributed by atoms with Gasteiger partial charge in [0.15, 0.2) is 0 Å². The highest BCUT2D eigenvalue weighted by atomic mass is 32.1. The molecule has 0 aliphatic heterocycles. The van der Waals surface area contributed by atoms with E-state index in [2.05, 4.69) is 10.3 Å². The van der Waals surface area contributed by atoms with E-state index in [-0.39, 0.29) is 0 Å². The van der Waals surface area contributed by atoms with Crippen LogP contribution in [0.4, 0.5) is 5.69 Å². The second-order valence-electron chi connectivity index (χ2n) is 3.21. The number of thiazole rings is 1. The van der Waals surface area contributed by atoms with Crippen molar-refractivity contribution in [3.63, 3.8) is 0 Å². The van der Waals surface area contributed by atoms with Gasteiger partial charge in [0.1, 0.15) is 11.6 Å². The van der Waals surface area contributed by atoms with E-state index in [1.165, 1.54) is 11.3 Å². The average molecular weight is 222 g/mol. The average Bonchev–Trinajstić information content (AvgIpc) is 2.66. The number of nitrogens with zero attached hydrogens (tertiary/aromatic N) is 1. The maximum atomic E-state index is 10.7. The third kappa shape index (κ3) is 1.92. The zero-order valence-electron chi connectivity index (χ0n) is 8.10. The van der Waals surface area contributed by atoms with Crippen LogP contribution >= 0.6 is 11.3 Å². The Balaban J connectivity index is 2.35. The number of anilines is 1. The fraction of sp³-hybridized carbons (Fsp3) is 0.200. The molecule has 2 rings (SSSR count). The van der Waals surface area contributed by atoms with Crippen LogP contribution < -0.4 is 5.32 Å². The number of aliphatic carboxylic acids is 1. The normalized spacial score (nSPS) is 12.6. The molecule has 1 atom stereocenters. The molecule has 1 heterocycles. The van der Waals surface area contributed by atoms with Crippen molar-refractivity contribution in [2.24, 2.45) is 0 Å². The summed E-state index contributed by atoms with van der Waals surface area (Å²) in [4.78, 5) is 14.9. The van der Waals surface area contributed by atoms with Gasteiger partial charge in [0.25, 0.3) is 0 Å². The van der Waals surface area contributed by atoms with E-state index in [9.17, 15) is 4.79 Å². The lowest BCUT2D eigenvalue weighted by Crippen LogP contribution is -2.25. The maximum Gasteiger partial charge on any atom is 0.325 e. The molecule has 0 radical (unpaired) electrons. The molecule has 78 valence electrons. The Kier molecular flexibility index (Phi) is 2.55. The van der Waals surface area contributed by atoms with Gasteiger partial charge in [0.05, 0.1) is 15.9 Å². The van der Waals surface area contributed by atoms with Crippen molar-refractivity contribution in [3.8, 4) is 0 Å². The summed E-state index contributed by atoms with van der Waals surface area (Å²) in [7, 11) is 0. The first-order valence-corrected chi connectivity index (χ1v) is 5.38. The number of benzene rings is 1. The molecule has 1 unspecified atom stereocenters. The molecule has 5 heteroatoms. The minimum atomic E-state index is -0.873. The van der Waals surface area contributed by atoms with Crippen molar-refractivity contribution >= 4 is 33.2 Å². The topological polar surface area (TPSA) is 62.2 Å². The molecule has 1 aromatic carbocycles. The molecule has 15 heavy (non-hydrogen) atoms. The van der Waals surface area contributed by atoms with E-state index in [1.807, 2.05) is 18.2 Å². The number of fused-ring (bicyclic) bond motifs is 1. The summed E-state index contributed by atoms with van der Waals surface area (Å²) in [5.41, 5.74) is 3.35. The number of aromatic nitrogens is 1. The largest absolute Gasteiger partial charge is 0.480 e. The quantitative estimate of drug-likeness (QED) is 0.835. The number of nitrogens with one attached hydrogen (secondary N) is 1. The molecule has 0 aliphatic carbocycles. The standard InChI is InChI=1S/C10H10N2O2S/c1-6(10(13)14)12-7-3-2-4-8-9(7)11-5-15-8/h2-6,12H,1H3,(H,13,14). The van der Waals surface area contributed by atoms with E-state index in [4.69, 9.17) is 5.11 Å². The first-order valence-electron chi connectivity index (χ1n) is 4.50. The van der Waals surface area contributed by atoms with Crippen LogP contribution in [0.25, 0.3) is 10.2 Å². The molecule has 1 aromatic heterocycles. The van der Waals surface area contributed by atoms with Gasteiger partial charge in [-0.2, -0.15) is 0 Å². The fourth-order valence-electron chi connectivity index (χ4n) is 1.30. The number of para-hydroxylation sites is 1. The van der Waals surface area contributed by atoms with Crippen molar-refractivity contribution in [3.05, 3.63) is 23.7 Å². The van der Waals surface area contributed by atoms with Gasteiger partial charge in [0.2, 0.25) is 0 Å². The number of carboxylic acid groups (broad SMARTS) is 1. The van der Waals surface area contributed by atoms with Crippen LogP contribution in [0.3, 0.4) is 0 Å². The smallest absolute Gasteiger partial charge is 0.325 e. The molecule has 0 fully saturated rings. The van der Waals surface area contributed by atoms with Gasteiger partial charge in [-0.3, -0.25) is 4.79 Å².